The maximum absolute atomic E-state index is 13.8. The third kappa shape index (κ3) is 2.96. The average molecular weight is 329 g/mol. The summed E-state index contributed by atoms with van der Waals surface area (Å²) in [6.07, 6.45) is 3.15. The molecule has 3 atom stereocenters. The zero-order valence-corrected chi connectivity index (χ0v) is 13.5. The highest BCUT2D eigenvalue weighted by Crippen LogP contribution is 2.44. The van der Waals surface area contributed by atoms with Gasteiger partial charge >= 0.3 is 0 Å². The summed E-state index contributed by atoms with van der Waals surface area (Å²) in [7, 11) is 0. The lowest BCUT2D eigenvalue weighted by atomic mass is 9.88. The van der Waals surface area contributed by atoms with Crippen LogP contribution in [0.4, 0.5) is 8.78 Å². The number of morpholine rings is 1. The fourth-order valence-electron chi connectivity index (χ4n) is 4.07. The molecule has 0 aromatic heterocycles. The van der Waals surface area contributed by atoms with Gasteiger partial charge in [-0.3, -0.25) is 4.90 Å². The van der Waals surface area contributed by atoms with E-state index in [0.717, 1.165) is 30.5 Å². The van der Waals surface area contributed by atoms with Gasteiger partial charge in [0.25, 0.3) is 0 Å². The van der Waals surface area contributed by atoms with E-state index in [1.807, 2.05) is 12.1 Å². The summed E-state index contributed by atoms with van der Waals surface area (Å²) in [5, 5.41) is 0. The molecule has 4 rings (SSSR count). The van der Waals surface area contributed by atoms with E-state index in [0.29, 0.717) is 12.6 Å². The summed E-state index contributed by atoms with van der Waals surface area (Å²) in [4.78, 5) is 2.43. The molecule has 0 spiro atoms. The highest BCUT2D eigenvalue weighted by atomic mass is 19.1. The van der Waals surface area contributed by atoms with E-state index in [9.17, 15) is 8.78 Å². The molecular weight excluding hydrogens is 308 g/mol. The van der Waals surface area contributed by atoms with Crippen LogP contribution in [0.2, 0.25) is 0 Å². The number of benzene rings is 2. The van der Waals surface area contributed by atoms with Crippen LogP contribution in [0, 0.1) is 11.6 Å². The van der Waals surface area contributed by atoms with Crippen LogP contribution in [0.5, 0.6) is 0 Å². The maximum Gasteiger partial charge on any atom is 0.123 e. The van der Waals surface area contributed by atoms with Crippen molar-refractivity contribution in [1.29, 1.82) is 0 Å². The van der Waals surface area contributed by atoms with Crippen LogP contribution >= 0.6 is 0 Å². The summed E-state index contributed by atoms with van der Waals surface area (Å²) >= 11 is 0. The van der Waals surface area contributed by atoms with E-state index in [1.165, 1.54) is 24.6 Å². The molecule has 0 amide bonds. The Labute approximate surface area is 141 Å². The molecule has 0 radical (unpaired) electrons. The van der Waals surface area contributed by atoms with E-state index in [-0.39, 0.29) is 23.8 Å². The van der Waals surface area contributed by atoms with Crippen LogP contribution < -0.4 is 0 Å². The van der Waals surface area contributed by atoms with Gasteiger partial charge in [0.05, 0.1) is 12.6 Å². The van der Waals surface area contributed by atoms with Gasteiger partial charge in [-0.05, 0) is 54.8 Å². The number of rotatable bonds is 2. The molecule has 2 aliphatic heterocycles. The molecule has 0 saturated carbocycles. The van der Waals surface area contributed by atoms with E-state index in [2.05, 4.69) is 4.90 Å². The molecular formula is C20H21F2NO. The van der Waals surface area contributed by atoms with E-state index in [4.69, 9.17) is 4.74 Å². The summed E-state index contributed by atoms with van der Waals surface area (Å²) in [6, 6.07) is 13.6. The van der Waals surface area contributed by atoms with Crippen molar-refractivity contribution < 1.29 is 13.5 Å². The van der Waals surface area contributed by atoms with Gasteiger partial charge in [-0.2, -0.15) is 0 Å². The maximum atomic E-state index is 13.8. The first-order valence-electron chi connectivity index (χ1n) is 8.60. The van der Waals surface area contributed by atoms with Crippen LogP contribution in [-0.2, 0) is 4.74 Å². The van der Waals surface area contributed by atoms with Crippen molar-refractivity contribution in [1.82, 2.24) is 4.90 Å². The Balaban J connectivity index is 1.76. The second kappa shape index (κ2) is 6.61. The Morgan fingerprint density at radius 1 is 0.917 bits per heavy atom. The Hall–Kier alpha value is -1.78. The van der Waals surface area contributed by atoms with Crippen LogP contribution in [0.15, 0.2) is 48.5 Å². The molecule has 3 unspecified atom stereocenters. The average Bonchev–Trinajstić information content (AvgIpc) is 2.60. The summed E-state index contributed by atoms with van der Waals surface area (Å²) in [6.45, 7) is 1.62. The minimum absolute atomic E-state index is 0.0819. The lowest BCUT2D eigenvalue weighted by Crippen LogP contribution is -2.50. The van der Waals surface area contributed by atoms with Gasteiger partial charge in [0.2, 0.25) is 0 Å². The van der Waals surface area contributed by atoms with Gasteiger partial charge in [-0.1, -0.05) is 30.7 Å². The standard InChI is InChI=1S/C20H21F2NO/c21-16-7-3-5-14(11-16)19-20(15-6-4-8-17(22)12-15)24-13-18-9-1-2-10-23(18)19/h3-8,11-12,18-20H,1-2,9-10,13H2. The molecule has 2 saturated heterocycles. The van der Waals surface area contributed by atoms with Crippen LogP contribution in [0.25, 0.3) is 0 Å². The number of ether oxygens (including phenoxy) is 1. The van der Waals surface area contributed by atoms with Gasteiger partial charge in [0, 0.05) is 6.04 Å². The summed E-state index contributed by atoms with van der Waals surface area (Å²) in [5.41, 5.74) is 1.71. The van der Waals surface area contributed by atoms with Crippen LogP contribution in [0.1, 0.15) is 42.5 Å². The van der Waals surface area contributed by atoms with Crippen molar-refractivity contribution in [3.05, 3.63) is 71.3 Å². The minimum atomic E-state index is -0.281. The lowest BCUT2D eigenvalue weighted by molar-refractivity contribution is -0.119. The van der Waals surface area contributed by atoms with Gasteiger partial charge in [-0.25, -0.2) is 8.78 Å². The quantitative estimate of drug-likeness (QED) is 0.796. The molecule has 2 aromatic rings. The van der Waals surface area contributed by atoms with Gasteiger partial charge < -0.3 is 4.74 Å². The van der Waals surface area contributed by atoms with Gasteiger partial charge in [-0.15, -0.1) is 0 Å². The summed E-state index contributed by atoms with van der Waals surface area (Å²) in [5.74, 6) is -0.514. The van der Waals surface area contributed by atoms with E-state index < -0.39 is 0 Å². The first kappa shape index (κ1) is 15.7. The van der Waals surface area contributed by atoms with Crippen molar-refractivity contribution >= 4 is 0 Å². The molecule has 2 nitrogen and oxygen atoms in total. The molecule has 2 fully saturated rings. The molecule has 2 aromatic carbocycles. The number of fused-ring (bicyclic) bond motifs is 1. The second-order valence-corrected chi connectivity index (χ2v) is 6.70. The van der Waals surface area contributed by atoms with E-state index >= 15 is 0 Å². The van der Waals surface area contributed by atoms with E-state index in [1.54, 1.807) is 18.2 Å². The monoisotopic (exact) mass is 329 g/mol. The molecule has 4 heteroatoms. The number of halogens is 2. The first-order valence-corrected chi connectivity index (χ1v) is 8.60. The number of piperidine rings is 1. The van der Waals surface area contributed by atoms with Crippen molar-refractivity contribution in [2.24, 2.45) is 0 Å². The molecule has 0 aliphatic carbocycles. The van der Waals surface area contributed by atoms with Crippen molar-refractivity contribution in [2.45, 2.75) is 37.5 Å². The molecule has 24 heavy (non-hydrogen) atoms. The molecule has 2 aliphatic rings. The number of hydrogen-bond donors (Lipinski definition) is 0. The molecule has 0 bridgehead atoms. The highest BCUT2D eigenvalue weighted by Gasteiger charge is 2.40. The Morgan fingerprint density at radius 3 is 2.38 bits per heavy atom. The third-order valence-electron chi connectivity index (χ3n) is 5.15. The molecule has 2 heterocycles. The van der Waals surface area contributed by atoms with Gasteiger partial charge in [0.1, 0.15) is 17.7 Å². The number of hydrogen-bond acceptors (Lipinski definition) is 2. The highest BCUT2D eigenvalue weighted by molar-refractivity contribution is 5.28. The lowest BCUT2D eigenvalue weighted by Gasteiger charge is -2.49. The zero-order chi connectivity index (χ0) is 16.5. The van der Waals surface area contributed by atoms with Crippen molar-refractivity contribution in [3.8, 4) is 0 Å². The molecule has 126 valence electrons. The largest absolute Gasteiger partial charge is 0.370 e. The Morgan fingerprint density at radius 2 is 1.62 bits per heavy atom. The fourth-order valence-corrected chi connectivity index (χ4v) is 4.07. The van der Waals surface area contributed by atoms with Crippen LogP contribution in [0.3, 0.4) is 0 Å². The predicted octanol–water partition coefficient (Wildman–Crippen LogP) is 4.63. The molecule has 0 N–H and O–H groups in total. The zero-order valence-electron chi connectivity index (χ0n) is 13.5. The fraction of sp³-hybridized carbons (Fsp3) is 0.400. The summed E-state index contributed by atoms with van der Waals surface area (Å²) < 4.78 is 33.7. The minimum Gasteiger partial charge on any atom is -0.370 e. The predicted molar refractivity (Wildman–Crippen MR) is 88.6 cm³/mol. The third-order valence-corrected chi connectivity index (χ3v) is 5.15. The smallest absolute Gasteiger partial charge is 0.123 e. The van der Waals surface area contributed by atoms with Crippen LogP contribution in [-0.4, -0.2) is 24.1 Å². The Bertz CT molecular complexity index is 720. The number of nitrogens with zero attached hydrogens (tertiary/aromatic N) is 1. The van der Waals surface area contributed by atoms with Gasteiger partial charge in [0.15, 0.2) is 0 Å². The Kier molecular flexibility index (Phi) is 4.33. The second-order valence-electron chi connectivity index (χ2n) is 6.70. The SMILES string of the molecule is Fc1cccc(C2OCC3CCCCN3C2c2cccc(F)c2)c1. The topological polar surface area (TPSA) is 12.5 Å². The normalized spacial score (nSPS) is 27.7. The van der Waals surface area contributed by atoms with Crippen molar-refractivity contribution in [3.63, 3.8) is 0 Å². The first-order chi connectivity index (χ1) is 11.7. The van der Waals surface area contributed by atoms with Crippen molar-refractivity contribution in [2.75, 3.05) is 13.2 Å².